The number of fused-ring (bicyclic) bond motifs is 2. The third-order valence-electron chi connectivity index (χ3n) is 8.77. The molecule has 3 aliphatic carbocycles. The lowest BCUT2D eigenvalue weighted by Crippen LogP contribution is -2.52. The highest BCUT2D eigenvalue weighted by Gasteiger charge is 2.55. The Hall–Kier alpha value is -2.00. The van der Waals surface area contributed by atoms with Crippen molar-refractivity contribution in [3.05, 3.63) is 29.6 Å². The minimum Gasteiger partial charge on any atom is -0.466 e. The number of esters is 1. The normalized spacial score (nSPS) is 35.0. The molecule has 9 heteroatoms. The molecule has 1 fully saturated rings. The molecule has 6 atom stereocenters. The third kappa shape index (κ3) is 4.61. The van der Waals surface area contributed by atoms with E-state index in [2.05, 4.69) is 31.1 Å². The van der Waals surface area contributed by atoms with Gasteiger partial charge >= 0.3 is 5.97 Å². The predicted octanol–water partition coefficient (Wildman–Crippen LogP) is 3.41. The van der Waals surface area contributed by atoms with Crippen molar-refractivity contribution in [1.82, 2.24) is 9.78 Å². The topological polar surface area (TPSA) is 105 Å². The standard InChI is InChI=1S/C25H36N2O6S/c1-16(28)27-23-11-19(14-32-17(2)29)25(4,12-18(23)13-26-27)22-8-10-24(3)9-6-7-21(24)20(22)15-33-34(5,30)31/h6,9,13,19-22H,7-8,10-12,14-15H2,1-5H3/t19-,20+,21+,22+,24+,25+/m1/s1. The SMILES string of the molecule is CC(=O)OC[C@H]1Cc2c(cnn2C(C)=O)C[C@]1(C)[C@H]1CC[C@]2(C)C=CC[C@H]2[C@@H]1COS(C)(=O)=O. The van der Waals surface area contributed by atoms with Gasteiger partial charge in [-0.3, -0.25) is 13.8 Å². The number of hydrogen-bond donors (Lipinski definition) is 0. The first-order chi connectivity index (χ1) is 15.8. The molecule has 1 heterocycles. The van der Waals surface area contributed by atoms with Crippen LogP contribution in [0.15, 0.2) is 18.3 Å². The van der Waals surface area contributed by atoms with Crippen molar-refractivity contribution in [2.24, 2.45) is 34.5 Å². The van der Waals surface area contributed by atoms with Crippen molar-refractivity contribution < 1.29 is 26.9 Å². The molecule has 0 saturated heterocycles. The molecule has 4 rings (SSSR count). The number of hydrogen-bond acceptors (Lipinski definition) is 7. The van der Waals surface area contributed by atoms with E-state index in [0.717, 1.165) is 36.8 Å². The van der Waals surface area contributed by atoms with Gasteiger partial charge in [-0.15, -0.1) is 0 Å². The van der Waals surface area contributed by atoms with Crippen LogP contribution in [-0.2, 0) is 36.7 Å². The van der Waals surface area contributed by atoms with Crippen LogP contribution in [0.5, 0.6) is 0 Å². The van der Waals surface area contributed by atoms with Crippen molar-refractivity contribution >= 4 is 22.0 Å². The molecule has 0 N–H and O–H groups in total. The lowest BCUT2D eigenvalue weighted by molar-refractivity contribution is -0.146. The van der Waals surface area contributed by atoms with Gasteiger partial charge in [-0.2, -0.15) is 13.5 Å². The highest BCUT2D eigenvalue weighted by atomic mass is 32.2. The summed E-state index contributed by atoms with van der Waals surface area (Å²) in [5.74, 6) is 0.00499. The molecule has 3 aliphatic rings. The molecule has 0 amide bonds. The monoisotopic (exact) mass is 492 g/mol. The zero-order valence-electron chi connectivity index (χ0n) is 20.7. The quantitative estimate of drug-likeness (QED) is 0.340. The summed E-state index contributed by atoms with van der Waals surface area (Å²) >= 11 is 0. The molecule has 1 aromatic rings. The predicted molar refractivity (Wildman–Crippen MR) is 127 cm³/mol. The fourth-order valence-corrected chi connectivity index (χ4v) is 7.39. The Morgan fingerprint density at radius 3 is 2.59 bits per heavy atom. The summed E-state index contributed by atoms with van der Waals surface area (Å²) in [4.78, 5) is 23.9. The fraction of sp³-hybridized carbons (Fsp3) is 0.720. The Balaban J connectivity index is 1.73. The Morgan fingerprint density at radius 1 is 1.21 bits per heavy atom. The van der Waals surface area contributed by atoms with E-state index in [-0.39, 0.29) is 53.7 Å². The van der Waals surface area contributed by atoms with E-state index in [1.807, 2.05) is 0 Å². The van der Waals surface area contributed by atoms with Gasteiger partial charge in [-0.25, -0.2) is 4.68 Å². The van der Waals surface area contributed by atoms with Crippen molar-refractivity contribution in [3.8, 4) is 0 Å². The van der Waals surface area contributed by atoms with E-state index in [0.29, 0.717) is 18.8 Å². The maximum atomic E-state index is 12.1. The van der Waals surface area contributed by atoms with Crippen LogP contribution < -0.4 is 0 Å². The first-order valence-corrected chi connectivity index (χ1v) is 13.9. The Labute approximate surface area is 202 Å². The summed E-state index contributed by atoms with van der Waals surface area (Å²) in [5.41, 5.74) is 1.68. The lowest BCUT2D eigenvalue weighted by atomic mass is 9.50. The summed E-state index contributed by atoms with van der Waals surface area (Å²) in [5, 5.41) is 4.33. The largest absolute Gasteiger partial charge is 0.466 e. The van der Waals surface area contributed by atoms with Crippen molar-refractivity contribution in [1.29, 1.82) is 0 Å². The highest BCUT2D eigenvalue weighted by molar-refractivity contribution is 7.85. The molecule has 1 saturated carbocycles. The second kappa shape index (κ2) is 8.90. The molecule has 0 aromatic carbocycles. The van der Waals surface area contributed by atoms with Crippen LogP contribution in [-0.4, -0.2) is 49.5 Å². The number of allylic oxidation sites excluding steroid dienone is 2. The number of rotatable bonds is 6. The van der Waals surface area contributed by atoms with E-state index in [4.69, 9.17) is 8.92 Å². The maximum Gasteiger partial charge on any atom is 0.302 e. The van der Waals surface area contributed by atoms with Gasteiger partial charge in [0.15, 0.2) is 0 Å². The molecule has 1 aromatic heterocycles. The third-order valence-corrected chi connectivity index (χ3v) is 9.33. The van der Waals surface area contributed by atoms with Crippen LogP contribution in [0.4, 0.5) is 0 Å². The maximum absolute atomic E-state index is 12.1. The number of nitrogens with zero attached hydrogens (tertiary/aromatic N) is 2. The minimum atomic E-state index is -3.58. The van der Waals surface area contributed by atoms with Gasteiger partial charge in [0.25, 0.3) is 10.1 Å². The van der Waals surface area contributed by atoms with Crippen molar-refractivity contribution in [2.45, 2.75) is 59.8 Å². The van der Waals surface area contributed by atoms with E-state index in [1.54, 1.807) is 6.20 Å². The van der Waals surface area contributed by atoms with Crippen LogP contribution in [0.1, 0.15) is 63.0 Å². The van der Waals surface area contributed by atoms with Crippen LogP contribution in [0.2, 0.25) is 0 Å². The number of aromatic nitrogens is 2. The number of carbonyl (C=O) groups excluding carboxylic acids is 2. The van der Waals surface area contributed by atoms with Gasteiger partial charge in [0.1, 0.15) is 0 Å². The lowest BCUT2D eigenvalue weighted by Gasteiger charge is -2.55. The molecule has 0 radical (unpaired) electrons. The average molecular weight is 493 g/mol. The second-order valence-corrected chi connectivity index (χ2v) is 12.6. The summed E-state index contributed by atoms with van der Waals surface area (Å²) in [6.07, 6.45) is 11.5. The summed E-state index contributed by atoms with van der Waals surface area (Å²) in [6.45, 7) is 7.81. The van der Waals surface area contributed by atoms with Gasteiger partial charge < -0.3 is 4.74 Å². The molecular formula is C25H36N2O6S. The molecule has 0 unspecified atom stereocenters. The van der Waals surface area contributed by atoms with Crippen molar-refractivity contribution in [3.63, 3.8) is 0 Å². The first kappa shape index (κ1) is 25.1. The number of ether oxygens (including phenoxy) is 1. The van der Waals surface area contributed by atoms with Gasteiger partial charge in [0.05, 0.1) is 31.4 Å². The fourth-order valence-electron chi connectivity index (χ4n) is 6.99. The van der Waals surface area contributed by atoms with Crippen LogP contribution in [0.3, 0.4) is 0 Å². The second-order valence-electron chi connectivity index (χ2n) is 11.0. The van der Waals surface area contributed by atoms with E-state index < -0.39 is 10.1 Å². The first-order valence-electron chi connectivity index (χ1n) is 12.1. The van der Waals surface area contributed by atoms with E-state index in [9.17, 15) is 18.0 Å². The Kier molecular flexibility index (Phi) is 6.57. The van der Waals surface area contributed by atoms with Crippen molar-refractivity contribution in [2.75, 3.05) is 19.5 Å². The smallest absolute Gasteiger partial charge is 0.302 e. The van der Waals surface area contributed by atoms with Crippen LogP contribution in [0.25, 0.3) is 0 Å². The van der Waals surface area contributed by atoms with Gasteiger partial charge in [0, 0.05) is 19.8 Å². The van der Waals surface area contributed by atoms with Crippen LogP contribution >= 0.6 is 0 Å². The molecular weight excluding hydrogens is 456 g/mol. The Bertz CT molecular complexity index is 1110. The molecule has 0 aliphatic heterocycles. The zero-order valence-corrected chi connectivity index (χ0v) is 21.6. The highest BCUT2D eigenvalue weighted by Crippen LogP contribution is 2.60. The van der Waals surface area contributed by atoms with Gasteiger partial charge in [-0.05, 0) is 66.3 Å². The molecule has 34 heavy (non-hydrogen) atoms. The number of carbonyl (C=O) groups is 2. The average Bonchev–Trinajstić information content (AvgIpc) is 3.32. The molecule has 0 bridgehead atoms. The van der Waals surface area contributed by atoms with Crippen LogP contribution in [0, 0.1) is 34.5 Å². The Morgan fingerprint density at radius 2 is 1.94 bits per heavy atom. The molecule has 188 valence electrons. The molecule has 0 spiro atoms. The van der Waals surface area contributed by atoms with E-state index >= 15 is 0 Å². The zero-order chi connectivity index (χ0) is 24.9. The van der Waals surface area contributed by atoms with E-state index in [1.165, 1.54) is 18.5 Å². The summed E-state index contributed by atoms with van der Waals surface area (Å²) in [6, 6.07) is 0. The minimum absolute atomic E-state index is 0.0249. The van der Waals surface area contributed by atoms with Gasteiger partial charge in [-0.1, -0.05) is 26.0 Å². The van der Waals surface area contributed by atoms with Gasteiger partial charge in [0.2, 0.25) is 5.91 Å². The summed E-state index contributed by atoms with van der Waals surface area (Å²) < 4.78 is 36.3. The molecule has 8 nitrogen and oxygen atoms in total. The summed E-state index contributed by atoms with van der Waals surface area (Å²) in [7, 11) is -3.58.